The van der Waals surface area contributed by atoms with Crippen LogP contribution in [0.25, 0.3) is 22.1 Å². The molecule has 4 heterocycles. The second-order valence-corrected chi connectivity index (χ2v) is 6.79. The first kappa shape index (κ1) is 25.1. The van der Waals surface area contributed by atoms with Crippen molar-refractivity contribution >= 4 is 34.0 Å². The largest absolute Gasteiger partial charge is 0.478 e. The number of aromatic carboxylic acids is 2. The van der Waals surface area contributed by atoms with Crippen LogP contribution < -0.4 is 9.47 Å². The van der Waals surface area contributed by atoms with E-state index in [9.17, 15) is 22.8 Å². The number of carboxylic acids is 2. The zero-order chi connectivity index (χ0) is 25.6. The maximum absolute atomic E-state index is 12.0. The lowest BCUT2D eigenvalue weighted by molar-refractivity contribution is -0.154. The number of hydrogen-bond donors (Lipinski definition) is 2. The minimum absolute atomic E-state index is 0.0294. The summed E-state index contributed by atoms with van der Waals surface area (Å²) < 4.78 is 45.6. The van der Waals surface area contributed by atoms with Gasteiger partial charge in [-0.3, -0.25) is 0 Å². The number of carboxylic acid groups (broad SMARTS) is 2. The Kier molecular flexibility index (Phi) is 7.59. The number of ether oxygens (including phenoxy) is 2. The van der Waals surface area contributed by atoms with E-state index in [1.807, 2.05) is 6.92 Å². The molecule has 0 saturated heterocycles. The van der Waals surface area contributed by atoms with Gasteiger partial charge < -0.3 is 19.7 Å². The Morgan fingerprint density at radius 3 is 1.69 bits per heavy atom. The van der Waals surface area contributed by atoms with Gasteiger partial charge in [0.05, 0.1) is 17.7 Å². The average Bonchev–Trinajstić information content (AvgIpc) is 2.82. The van der Waals surface area contributed by atoms with Crippen LogP contribution in [0.1, 0.15) is 27.6 Å². The second-order valence-electron chi connectivity index (χ2n) is 6.79. The van der Waals surface area contributed by atoms with Crippen molar-refractivity contribution in [3.63, 3.8) is 0 Å². The minimum atomic E-state index is -4.45. The zero-order valence-corrected chi connectivity index (χ0v) is 18.0. The fraction of sp³-hybridized carbons (Fsp3) is 0.182. The van der Waals surface area contributed by atoms with E-state index in [2.05, 4.69) is 24.7 Å². The lowest BCUT2D eigenvalue weighted by atomic mass is 10.2. The van der Waals surface area contributed by atoms with Gasteiger partial charge in [0.2, 0.25) is 11.8 Å². The van der Waals surface area contributed by atoms with Gasteiger partial charge in [-0.05, 0) is 31.2 Å². The van der Waals surface area contributed by atoms with E-state index in [0.29, 0.717) is 28.9 Å². The molecule has 182 valence electrons. The van der Waals surface area contributed by atoms with Gasteiger partial charge in [0.15, 0.2) is 17.9 Å². The lowest BCUT2D eigenvalue weighted by Crippen LogP contribution is -2.19. The number of hydrogen-bond acceptors (Lipinski definition) is 8. The summed E-state index contributed by atoms with van der Waals surface area (Å²) in [4.78, 5) is 37.1. The van der Waals surface area contributed by atoms with Crippen molar-refractivity contribution in [1.82, 2.24) is 19.9 Å². The summed E-state index contributed by atoms with van der Waals surface area (Å²) in [5, 5.41) is 18.6. The fourth-order valence-electron chi connectivity index (χ4n) is 2.69. The number of fused-ring (bicyclic) bond motifs is 2. The number of halogens is 3. The Labute approximate surface area is 195 Å². The highest BCUT2D eigenvalue weighted by atomic mass is 19.4. The fourth-order valence-corrected chi connectivity index (χ4v) is 2.69. The topological polar surface area (TPSA) is 145 Å². The highest BCUT2D eigenvalue weighted by Gasteiger charge is 2.28. The molecule has 4 rings (SSSR count). The molecule has 0 fully saturated rings. The summed E-state index contributed by atoms with van der Waals surface area (Å²) >= 11 is 0. The number of rotatable bonds is 6. The maximum Gasteiger partial charge on any atom is 0.422 e. The highest BCUT2D eigenvalue weighted by Crippen LogP contribution is 2.20. The molecule has 10 nitrogen and oxygen atoms in total. The molecular weight excluding hydrogens is 473 g/mol. The molecule has 2 N–H and O–H groups in total. The number of aromatic nitrogens is 4. The molecule has 0 unspecified atom stereocenters. The molecule has 0 aliphatic rings. The monoisotopic (exact) mass is 490 g/mol. The van der Waals surface area contributed by atoms with Crippen molar-refractivity contribution in [2.24, 2.45) is 0 Å². The summed E-state index contributed by atoms with van der Waals surface area (Å²) in [6.45, 7) is 0.956. The summed E-state index contributed by atoms with van der Waals surface area (Å²) in [7, 11) is 0. The maximum atomic E-state index is 12.0. The minimum Gasteiger partial charge on any atom is -0.478 e. The van der Waals surface area contributed by atoms with E-state index < -0.39 is 24.7 Å². The first-order valence-electron chi connectivity index (χ1n) is 9.88. The molecule has 0 aliphatic carbocycles. The van der Waals surface area contributed by atoms with Crippen LogP contribution in [0.2, 0.25) is 0 Å². The summed E-state index contributed by atoms with van der Waals surface area (Å²) in [6.07, 6.45) is -2.09. The van der Waals surface area contributed by atoms with Crippen LogP contribution in [0.15, 0.2) is 48.8 Å². The molecule has 0 aromatic carbocycles. The normalized spacial score (nSPS) is 11.0. The molecule has 4 aromatic rings. The predicted molar refractivity (Wildman–Crippen MR) is 116 cm³/mol. The van der Waals surface area contributed by atoms with Crippen molar-refractivity contribution in [1.29, 1.82) is 0 Å². The van der Waals surface area contributed by atoms with Crippen molar-refractivity contribution in [2.45, 2.75) is 13.1 Å². The highest BCUT2D eigenvalue weighted by molar-refractivity contribution is 5.92. The molecule has 0 saturated carbocycles. The molecule has 0 amide bonds. The molecule has 13 heteroatoms. The quantitative estimate of drug-likeness (QED) is 0.407. The van der Waals surface area contributed by atoms with Crippen LogP contribution in [0.5, 0.6) is 11.8 Å². The smallest absolute Gasteiger partial charge is 0.422 e. The number of alkyl halides is 3. The molecule has 0 bridgehead atoms. The van der Waals surface area contributed by atoms with Crippen LogP contribution in [0, 0.1) is 0 Å². The van der Waals surface area contributed by atoms with E-state index in [-0.39, 0.29) is 22.7 Å². The molecule has 0 aliphatic heterocycles. The number of pyridine rings is 4. The lowest BCUT2D eigenvalue weighted by Gasteiger charge is -2.08. The van der Waals surface area contributed by atoms with Gasteiger partial charge in [-0.15, -0.1) is 0 Å². The standard InChI is InChI=1S/C11H7F3N2O3.C11H10N2O3/c12-11(13,14)5-19-8-2-1-6-3-7(10(17)18)4-15-9(6)16-8;1-2-16-9-4-3-7-5-8(11(14)15)6-12-10(7)13-9/h1-4H,5H2,(H,17,18);3-6H,2H2,1H3,(H,14,15). The predicted octanol–water partition coefficient (Wildman–Crippen LogP) is 4.00. The van der Waals surface area contributed by atoms with Crippen LogP contribution >= 0.6 is 0 Å². The van der Waals surface area contributed by atoms with Crippen LogP contribution in [-0.4, -0.2) is 61.5 Å². The Balaban J connectivity index is 0.000000198. The van der Waals surface area contributed by atoms with Gasteiger partial charge in [-0.1, -0.05) is 0 Å². The number of carbonyl (C=O) groups is 2. The Morgan fingerprint density at radius 2 is 1.29 bits per heavy atom. The van der Waals surface area contributed by atoms with Gasteiger partial charge in [-0.2, -0.15) is 23.1 Å². The third-order valence-corrected chi connectivity index (χ3v) is 4.20. The molecule has 0 spiro atoms. The van der Waals surface area contributed by atoms with Gasteiger partial charge >= 0.3 is 18.1 Å². The summed E-state index contributed by atoms with van der Waals surface area (Å²) in [5.74, 6) is -1.87. The summed E-state index contributed by atoms with van der Waals surface area (Å²) in [5.41, 5.74) is 0.720. The molecule has 0 radical (unpaired) electrons. The van der Waals surface area contributed by atoms with Gasteiger partial charge in [-0.25, -0.2) is 19.6 Å². The van der Waals surface area contributed by atoms with Crippen LogP contribution in [-0.2, 0) is 0 Å². The Morgan fingerprint density at radius 1 is 0.829 bits per heavy atom. The molecule has 0 atom stereocenters. The van der Waals surface area contributed by atoms with E-state index >= 15 is 0 Å². The van der Waals surface area contributed by atoms with E-state index in [1.54, 1.807) is 12.1 Å². The van der Waals surface area contributed by atoms with Crippen LogP contribution in [0.4, 0.5) is 13.2 Å². The zero-order valence-electron chi connectivity index (χ0n) is 18.0. The van der Waals surface area contributed by atoms with E-state index in [4.69, 9.17) is 14.9 Å². The second kappa shape index (κ2) is 10.6. The average molecular weight is 490 g/mol. The SMILES string of the molecule is CCOc1ccc2cc(C(=O)O)cnc2n1.O=C(O)c1cnc2nc(OCC(F)(F)F)ccc2c1. The summed E-state index contributed by atoms with van der Waals surface area (Å²) in [6, 6.07) is 8.92. The van der Waals surface area contributed by atoms with Crippen molar-refractivity contribution in [2.75, 3.05) is 13.2 Å². The number of nitrogens with zero attached hydrogens (tertiary/aromatic N) is 4. The van der Waals surface area contributed by atoms with Gasteiger partial charge in [0.1, 0.15) is 0 Å². The van der Waals surface area contributed by atoms with Crippen molar-refractivity contribution in [3.05, 3.63) is 59.9 Å². The third kappa shape index (κ3) is 6.96. The van der Waals surface area contributed by atoms with E-state index in [1.165, 1.54) is 30.5 Å². The Hall–Kier alpha value is -4.55. The van der Waals surface area contributed by atoms with Gasteiger partial charge in [0.25, 0.3) is 0 Å². The first-order chi connectivity index (χ1) is 16.6. The Bertz CT molecular complexity index is 1380. The van der Waals surface area contributed by atoms with Crippen LogP contribution in [0.3, 0.4) is 0 Å². The van der Waals surface area contributed by atoms with E-state index in [0.717, 1.165) is 6.20 Å². The molecule has 35 heavy (non-hydrogen) atoms. The van der Waals surface area contributed by atoms with Crippen molar-refractivity contribution in [3.8, 4) is 11.8 Å². The first-order valence-corrected chi connectivity index (χ1v) is 9.88. The molecule has 4 aromatic heterocycles. The third-order valence-electron chi connectivity index (χ3n) is 4.20. The van der Waals surface area contributed by atoms with Crippen molar-refractivity contribution < 1.29 is 42.4 Å². The van der Waals surface area contributed by atoms with Gasteiger partial charge in [0, 0.05) is 35.3 Å². The molecular formula is C22H17F3N4O6.